The summed E-state index contributed by atoms with van der Waals surface area (Å²) in [5.74, 6) is 0.238. The summed E-state index contributed by atoms with van der Waals surface area (Å²) in [6.45, 7) is 3.44. The molecule has 2 aromatic carbocycles. The number of benzene rings is 2. The Bertz CT molecular complexity index is 1250. The smallest absolute Gasteiger partial charge is 0.321 e. The number of alkyl halides is 3. The van der Waals surface area contributed by atoms with Crippen LogP contribution < -0.4 is 5.32 Å². The Labute approximate surface area is 178 Å². The number of hydrogen-bond donors (Lipinski definition) is 1. The van der Waals surface area contributed by atoms with Crippen molar-refractivity contribution in [2.24, 2.45) is 0 Å². The summed E-state index contributed by atoms with van der Waals surface area (Å²) < 4.78 is 39.8. The second-order valence-electron chi connectivity index (χ2n) is 6.65. The number of rotatable bonds is 4. The number of aromatic nitrogens is 5. The fourth-order valence-electron chi connectivity index (χ4n) is 2.91. The largest absolute Gasteiger partial charge is 0.416 e. The van der Waals surface area contributed by atoms with E-state index in [-0.39, 0.29) is 5.91 Å². The van der Waals surface area contributed by atoms with Crippen molar-refractivity contribution < 1.29 is 18.0 Å². The second kappa shape index (κ2) is 7.91. The topological polar surface area (TPSA) is 85.6 Å². The van der Waals surface area contributed by atoms with Crippen molar-refractivity contribution in [3.8, 4) is 16.3 Å². The predicted molar refractivity (Wildman–Crippen MR) is 109 cm³/mol. The standard InChI is InChI=1S/C20H15F3N6OS/c1-11-17(31-19(24-11)13-6-8-14(9-7-13)20(21,22)23)18(30)25-15-4-3-5-16(10-15)29-12(2)26-27-28-29/h3-10H,1-2H3,(H,25,30). The van der Waals surface area contributed by atoms with E-state index in [0.717, 1.165) is 23.5 Å². The normalized spacial score (nSPS) is 11.5. The van der Waals surface area contributed by atoms with Gasteiger partial charge in [-0.3, -0.25) is 4.79 Å². The van der Waals surface area contributed by atoms with Crippen molar-refractivity contribution in [2.75, 3.05) is 5.32 Å². The molecule has 0 spiro atoms. The van der Waals surface area contributed by atoms with Gasteiger partial charge in [0.15, 0.2) is 5.82 Å². The Morgan fingerprint density at radius 2 is 1.84 bits per heavy atom. The fraction of sp³-hybridized carbons (Fsp3) is 0.150. The van der Waals surface area contributed by atoms with Crippen LogP contribution in [0.15, 0.2) is 48.5 Å². The number of tetrazole rings is 1. The van der Waals surface area contributed by atoms with Gasteiger partial charge in [-0.25, -0.2) is 4.98 Å². The lowest BCUT2D eigenvalue weighted by atomic mass is 10.1. The minimum absolute atomic E-state index is 0.362. The van der Waals surface area contributed by atoms with Crippen molar-refractivity contribution >= 4 is 22.9 Å². The molecule has 0 aliphatic heterocycles. The summed E-state index contributed by atoms with van der Waals surface area (Å²) in [5.41, 5.74) is 1.49. The van der Waals surface area contributed by atoms with Gasteiger partial charge in [0.25, 0.3) is 5.91 Å². The van der Waals surface area contributed by atoms with Gasteiger partial charge >= 0.3 is 6.18 Å². The van der Waals surface area contributed by atoms with Crippen molar-refractivity contribution in [2.45, 2.75) is 20.0 Å². The number of carbonyl (C=O) groups is 1. The van der Waals surface area contributed by atoms with Crippen LogP contribution in [0.25, 0.3) is 16.3 Å². The summed E-state index contributed by atoms with van der Waals surface area (Å²) in [6.07, 6.45) is -4.41. The molecule has 4 aromatic rings. The van der Waals surface area contributed by atoms with Crippen LogP contribution in [-0.2, 0) is 6.18 Å². The molecule has 158 valence electrons. The van der Waals surface area contributed by atoms with Crippen LogP contribution in [0.2, 0.25) is 0 Å². The number of nitrogens with one attached hydrogen (secondary N) is 1. The molecule has 11 heteroatoms. The first-order valence-electron chi connectivity index (χ1n) is 9.04. The lowest BCUT2D eigenvalue weighted by Crippen LogP contribution is -2.12. The lowest BCUT2D eigenvalue weighted by molar-refractivity contribution is -0.137. The number of aryl methyl sites for hydroxylation is 2. The molecule has 0 unspecified atom stereocenters. The molecule has 4 rings (SSSR count). The molecule has 0 radical (unpaired) electrons. The maximum Gasteiger partial charge on any atom is 0.416 e. The van der Waals surface area contributed by atoms with E-state index < -0.39 is 11.7 Å². The van der Waals surface area contributed by atoms with Crippen LogP contribution in [0, 0.1) is 13.8 Å². The predicted octanol–water partition coefficient (Wildman–Crippen LogP) is 4.67. The summed E-state index contributed by atoms with van der Waals surface area (Å²) >= 11 is 1.12. The lowest BCUT2D eigenvalue weighted by Gasteiger charge is -2.07. The molecule has 0 saturated carbocycles. The third-order valence-corrected chi connectivity index (χ3v) is 5.64. The average Bonchev–Trinajstić information content (AvgIpc) is 3.33. The number of thiazole rings is 1. The molecule has 0 fully saturated rings. The van der Waals surface area contributed by atoms with Crippen LogP contribution in [-0.4, -0.2) is 31.1 Å². The van der Waals surface area contributed by atoms with Gasteiger partial charge in [-0.2, -0.15) is 17.9 Å². The molecule has 0 atom stereocenters. The first-order chi connectivity index (χ1) is 14.7. The molecule has 1 N–H and O–H groups in total. The van der Waals surface area contributed by atoms with Gasteiger partial charge < -0.3 is 5.32 Å². The number of carbonyl (C=O) groups excluding carboxylic acids is 1. The monoisotopic (exact) mass is 444 g/mol. The summed E-state index contributed by atoms with van der Waals surface area (Å²) in [6, 6.07) is 11.7. The Morgan fingerprint density at radius 1 is 1.10 bits per heavy atom. The third-order valence-electron chi connectivity index (χ3n) is 4.44. The van der Waals surface area contributed by atoms with E-state index in [2.05, 4.69) is 25.8 Å². The molecular weight excluding hydrogens is 429 g/mol. The molecule has 31 heavy (non-hydrogen) atoms. The van der Waals surface area contributed by atoms with Gasteiger partial charge in [0.05, 0.1) is 16.9 Å². The van der Waals surface area contributed by atoms with Crippen LogP contribution >= 0.6 is 11.3 Å². The summed E-state index contributed by atoms with van der Waals surface area (Å²) in [7, 11) is 0. The molecular formula is C20H15F3N6OS. The number of halogens is 3. The van der Waals surface area contributed by atoms with E-state index in [1.165, 1.54) is 16.8 Å². The van der Waals surface area contributed by atoms with Crippen molar-refractivity contribution in [3.63, 3.8) is 0 Å². The van der Waals surface area contributed by atoms with Gasteiger partial charge in [0.2, 0.25) is 0 Å². The van der Waals surface area contributed by atoms with Gasteiger partial charge in [0, 0.05) is 11.3 Å². The Balaban J connectivity index is 1.55. The number of hydrogen-bond acceptors (Lipinski definition) is 6. The van der Waals surface area contributed by atoms with Crippen LogP contribution in [0.3, 0.4) is 0 Å². The SMILES string of the molecule is Cc1nc(-c2ccc(C(F)(F)F)cc2)sc1C(=O)Nc1cccc(-n2nnnc2C)c1. The minimum Gasteiger partial charge on any atom is -0.321 e. The number of anilines is 1. The first kappa shape index (κ1) is 20.7. The van der Waals surface area contributed by atoms with Crippen LogP contribution in [0.5, 0.6) is 0 Å². The highest BCUT2D eigenvalue weighted by Crippen LogP contribution is 2.33. The van der Waals surface area contributed by atoms with Crippen molar-refractivity contribution in [1.29, 1.82) is 0 Å². The highest BCUT2D eigenvalue weighted by molar-refractivity contribution is 7.17. The van der Waals surface area contributed by atoms with Gasteiger partial charge in [-0.05, 0) is 54.6 Å². The highest BCUT2D eigenvalue weighted by atomic mass is 32.1. The molecule has 0 bridgehead atoms. The number of nitrogens with zero attached hydrogens (tertiary/aromatic N) is 5. The van der Waals surface area contributed by atoms with E-state index in [1.54, 1.807) is 38.1 Å². The van der Waals surface area contributed by atoms with E-state index in [0.29, 0.717) is 38.3 Å². The molecule has 0 aliphatic rings. The second-order valence-corrected chi connectivity index (χ2v) is 7.65. The van der Waals surface area contributed by atoms with Crippen LogP contribution in [0.4, 0.5) is 18.9 Å². The number of amides is 1. The third kappa shape index (κ3) is 4.31. The fourth-order valence-corrected chi connectivity index (χ4v) is 3.87. The molecule has 0 saturated heterocycles. The van der Waals surface area contributed by atoms with E-state index in [9.17, 15) is 18.0 Å². The quantitative estimate of drug-likeness (QED) is 0.494. The molecule has 7 nitrogen and oxygen atoms in total. The van der Waals surface area contributed by atoms with Crippen LogP contribution in [0.1, 0.15) is 26.8 Å². The Kier molecular flexibility index (Phi) is 5.27. The van der Waals surface area contributed by atoms with E-state index >= 15 is 0 Å². The van der Waals surface area contributed by atoms with Gasteiger partial charge in [-0.15, -0.1) is 16.4 Å². The zero-order valence-electron chi connectivity index (χ0n) is 16.3. The van der Waals surface area contributed by atoms with Crippen molar-refractivity contribution in [3.05, 3.63) is 70.5 Å². The van der Waals surface area contributed by atoms with Gasteiger partial charge in [-0.1, -0.05) is 18.2 Å². The molecule has 2 heterocycles. The maximum atomic E-state index is 12.8. The Hall–Kier alpha value is -3.60. The van der Waals surface area contributed by atoms with E-state index in [4.69, 9.17) is 0 Å². The average molecular weight is 444 g/mol. The zero-order valence-corrected chi connectivity index (χ0v) is 17.1. The Morgan fingerprint density at radius 3 is 2.48 bits per heavy atom. The highest BCUT2D eigenvalue weighted by Gasteiger charge is 2.30. The first-order valence-corrected chi connectivity index (χ1v) is 9.86. The molecule has 2 aromatic heterocycles. The van der Waals surface area contributed by atoms with E-state index in [1.807, 2.05) is 0 Å². The van der Waals surface area contributed by atoms with Gasteiger partial charge in [0.1, 0.15) is 9.88 Å². The molecule has 1 amide bonds. The van der Waals surface area contributed by atoms with Crippen molar-refractivity contribution in [1.82, 2.24) is 25.2 Å². The maximum absolute atomic E-state index is 12.8. The minimum atomic E-state index is -4.41. The summed E-state index contributed by atoms with van der Waals surface area (Å²) in [5, 5.41) is 14.6. The molecule has 0 aliphatic carbocycles. The zero-order chi connectivity index (χ0) is 22.2. The summed E-state index contributed by atoms with van der Waals surface area (Å²) in [4.78, 5) is 17.5.